The molecule has 2 saturated heterocycles. The van der Waals surface area contributed by atoms with Gasteiger partial charge in [0.05, 0.1) is 6.04 Å². The first-order valence-corrected chi connectivity index (χ1v) is 8.87. The number of amides is 1. The van der Waals surface area contributed by atoms with Gasteiger partial charge in [-0.05, 0) is 43.2 Å². The molecule has 6 heteroatoms. The molecular weight excluding hydrogens is 314 g/mol. The molecule has 1 aromatic carbocycles. The van der Waals surface area contributed by atoms with E-state index >= 15 is 0 Å². The molecule has 6 nitrogen and oxygen atoms in total. The van der Waals surface area contributed by atoms with Gasteiger partial charge in [0, 0.05) is 44.6 Å². The van der Waals surface area contributed by atoms with Gasteiger partial charge in [-0.1, -0.05) is 12.1 Å². The molecule has 1 unspecified atom stereocenters. The number of piperazine rings is 1. The van der Waals surface area contributed by atoms with Crippen LogP contribution in [0, 0.1) is 6.92 Å². The van der Waals surface area contributed by atoms with Crippen LogP contribution >= 0.6 is 0 Å². The van der Waals surface area contributed by atoms with E-state index in [4.69, 9.17) is 0 Å². The third kappa shape index (κ3) is 3.22. The molecule has 1 atom stereocenters. The van der Waals surface area contributed by atoms with Crippen LogP contribution in [0.2, 0.25) is 0 Å². The van der Waals surface area contributed by atoms with Crippen molar-refractivity contribution in [2.45, 2.75) is 19.4 Å². The molecule has 2 aromatic rings. The van der Waals surface area contributed by atoms with Crippen molar-refractivity contribution in [1.82, 2.24) is 15.1 Å². The minimum absolute atomic E-state index is 0.00418. The van der Waals surface area contributed by atoms with Crippen molar-refractivity contribution in [3.05, 3.63) is 48.2 Å². The number of hydrogen-bond acceptors (Lipinski definition) is 5. The van der Waals surface area contributed by atoms with E-state index in [1.807, 2.05) is 29.2 Å². The summed E-state index contributed by atoms with van der Waals surface area (Å²) in [4.78, 5) is 19.4. The second-order valence-electron chi connectivity index (χ2n) is 6.74. The Kier molecular flexibility index (Phi) is 4.36. The molecule has 0 bridgehead atoms. The molecule has 4 rings (SSSR count). The van der Waals surface area contributed by atoms with Crippen molar-refractivity contribution in [3.8, 4) is 0 Å². The quantitative estimate of drug-likeness (QED) is 0.853. The summed E-state index contributed by atoms with van der Waals surface area (Å²) in [5, 5.41) is 8.14. The van der Waals surface area contributed by atoms with Gasteiger partial charge in [-0.25, -0.2) is 0 Å². The van der Waals surface area contributed by atoms with Crippen LogP contribution in [0.1, 0.15) is 12.0 Å². The fourth-order valence-corrected chi connectivity index (χ4v) is 3.78. The van der Waals surface area contributed by atoms with Crippen molar-refractivity contribution >= 4 is 17.4 Å². The van der Waals surface area contributed by atoms with Gasteiger partial charge >= 0.3 is 0 Å². The van der Waals surface area contributed by atoms with Crippen molar-refractivity contribution in [2.24, 2.45) is 0 Å². The Morgan fingerprint density at radius 1 is 1.04 bits per heavy atom. The lowest BCUT2D eigenvalue weighted by molar-refractivity contribution is -0.121. The predicted molar refractivity (Wildman–Crippen MR) is 97.8 cm³/mol. The van der Waals surface area contributed by atoms with Crippen molar-refractivity contribution in [3.63, 3.8) is 0 Å². The first-order chi connectivity index (χ1) is 12.2. The van der Waals surface area contributed by atoms with Crippen LogP contribution in [0.25, 0.3) is 0 Å². The van der Waals surface area contributed by atoms with E-state index < -0.39 is 0 Å². The van der Waals surface area contributed by atoms with Gasteiger partial charge in [0.2, 0.25) is 5.91 Å². The van der Waals surface area contributed by atoms with Crippen LogP contribution in [0.3, 0.4) is 0 Å². The zero-order chi connectivity index (χ0) is 17.2. The van der Waals surface area contributed by atoms with Crippen LogP contribution in [0.5, 0.6) is 0 Å². The Balaban J connectivity index is 1.40. The Morgan fingerprint density at radius 3 is 2.60 bits per heavy atom. The fraction of sp³-hybridized carbons (Fsp3) is 0.421. The Hall–Kier alpha value is -2.47. The van der Waals surface area contributed by atoms with Crippen molar-refractivity contribution in [1.29, 1.82) is 0 Å². The summed E-state index contributed by atoms with van der Waals surface area (Å²) in [5.41, 5.74) is 2.21. The van der Waals surface area contributed by atoms with Crippen molar-refractivity contribution in [2.75, 3.05) is 42.5 Å². The molecule has 25 heavy (non-hydrogen) atoms. The lowest BCUT2D eigenvalue weighted by Gasteiger charge is -2.37. The maximum Gasteiger partial charge on any atom is 0.244 e. The average Bonchev–Trinajstić information content (AvgIpc) is 3.04. The molecule has 0 saturated carbocycles. The highest BCUT2D eigenvalue weighted by atomic mass is 16.2. The van der Waals surface area contributed by atoms with Gasteiger partial charge in [0.25, 0.3) is 0 Å². The van der Waals surface area contributed by atoms with Crippen LogP contribution < -0.4 is 9.80 Å². The van der Waals surface area contributed by atoms with E-state index in [0.717, 1.165) is 50.6 Å². The molecule has 130 valence electrons. The van der Waals surface area contributed by atoms with Gasteiger partial charge in [0.1, 0.15) is 0 Å². The zero-order valence-corrected chi connectivity index (χ0v) is 14.5. The maximum absolute atomic E-state index is 12.9. The van der Waals surface area contributed by atoms with Crippen LogP contribution in [-0.2, 0) is 4.79 Å². The second kappa shape index (κ2) is 6.80. The van der Waals surface area contributed by atoms with Gasteiger partial charge in [0.15, 0.2) is 5.82 Å². The summed E-state index contributed by atoms with van der Waals surface area (Å²) < 4.78 is 0. The minimum Gasteiger partial charge on any atom is -0.353 e. The van der Waals surface area contributed by atoms with E-state index in [0.29, 0.717) is 0 Å². The minimum atomic E-state index is 0.00418. The summed E-state index contributed by atoms with van der Waals surface area (Å²) in [7, 11) is 0. The molecule has 0 N–H and O–H groups in total. The second-order valence-corrected chi connectivity index (χ2v) is 6.74. The zero-order valence-electron chi connectivity index (χ0n) is 14.5. The summed E-state index contributed by atoms with van der Waals surface area (Å²) in [6, 6.07) is 12.1. The van der Waals surface area contributed by atoms with Crippen LogP contribution in [-0.4, -0.2) is 59.8 Å². The third-order valence-corrected chi connectivity index (χ3v) is 5.13. The number of hydrogen-bond donors (Lipinski definition) is 0. The van der Waals surface area contributed by atoms with Gasteiger partial charge in [-0.3, -0.25) is 9.69 Å². The number of anilines is 2. The van der Waals surface area contributed by atoms with Crippen molar-refractivity contribution < 1.29 is 4.79 Å². The smallest absolute Gasteiger partial charge is 0.244 e. The van der Waals surface area contributed by atoms with Gasteiger partial charge in [-0.2, -0.15) is 5.10 Å². The number of aromatic nitrogens is 2. The lowest BCUT2D eigenvalue weighted by Crippen LogP contribution is -2.52. The van der Waals surface area contributed by atoms with Crippen LogP contribution in [0.4, 0.5) is 11.5 Å². The molecule has 0 radical (unpaired) electrons. The van der Waals surface area contributed by atoms with Crippen LogP contribution in [0.15, 0.2) is 42.6 Å². The molecule has 1 amide bonds. The summed E-state index contributed by atoms with van der Waals surface area (Å²) in [6.45, 7) is 6.40. The number of aryl methyl sites for hydroxylation is 1. The molecular formula is C19H23N5O. The molecule has 2 aliphatic heterocycles. The average molecular weight is 337 g/mol. The molecule has 2 fully saturated rings. The first-order valence-electron chi connectivity index (χ1n) is 8.87. The highest BCUT2D eigenvalue weighted by molar-refractivity contribution is 5.99. The topological polar surface area (TPSA) is 52.6 Å². The maximum atomic E-state index is 12.9. The fourth-order valence-electron chi connectivity index (χ4n) is 3.78. The highest BCUT2D eigenvalue weighted by Gasteiger charge is 2.37. The third-order valence-electron chi connectivity index (χ3n) is 5.13. The Labute approximate surface area is 148 Å². The van der Waals surface area contributed by atoms with Gasteiger partial charge in [-0.15, -0.1) is 5.10 Å². The summed E-state index contributed by atoms with van der Waals surface area (Å²) in [6.07, 6.45) is 2.59. The summed E-state index contributed by atoms with van der Waals surface area (Å²) >= 11 is 0. The largest absolute Gasteiger partial charge is 0.353 e. The monoisotopic (exact) mass is 337 g/mol. The highest BCUT2D eigenvalue weighted by Crippen LogP contribution is 2.26. The van der Waals surface area contributed by atoms with E-state index in [-0.39, 0.29) is 11.9 Å². The molecule has 0 aliphatic carbocycles. The van der Waals surface area contributed by atoms with E-state index in [1.54, 1.807) is 6.20 Å². The van der Waals surface area contributed by atoms with Gasteiger partial charge < -0.3 is 9.80 Å². The standard InChI is InChI=1S/C19H23N5O/c1-15-4-2-5-16(14-15)24-9-7-17(19(24)25)22-10-12-23(13-11-22)18-6-3-8-20-21-18/h2-6,8,14,17H,7,9-13H2,1H3. The normalized spacial score (nSPS) is 21.8. The number of nitrogens with zero attached hydrogens (tertiary/aromatic N) is 5. The first kappa shape index (κ1) is 16.0. The number of benzene rings is 1. The molecule has 2 aliphatic rings. The molecule has 0 spiro atoms. The van der Waals surface area contributed by atoms with E-state index in [2.05, 4.69) is 39.1 Å². The molecule has 3 heterocycles. The Bertz CT molecular complexity index is 742. The predicted octanol–water partition coefficient (Wildman–Crippen LogP) is 1.71. The Morgan fingerprint density at radius 2 is 1.88 bits per heavy atom. The SMILES string of the molecule is Cc1cccc(N2CCC(N3CCN(c4cccnn4)CC3)C2=O)c1. The summed E-state index contributed by atoms with van der Waals surface area (Å²) in [5.74, 6) is 1.15. The lowest BCUT2D eigenvalue weighted by atomic mass is 10.1. The van der Waals surface area contributed by atoms with E-state index in [9.17, 15) is 4.79 Å². The number of carbonyl (C=O) groups is 1. The molecule has 1 aromatic heterocycles. The number of rotatable bonds is 3. The number of carbonyl (C=O) groups excluding carboxylic acids is 1. The van der Waals surface area contributed by atoms with E-state index in [1.165, 1.54) is 5.56 Å².